The number of fused-ring (bicyclic) bond motifs is 1. The van der Waals surface area contributed by atoms with Gasteiger partial charge in [0, 0.05) is 43.5 Å². The molecule has 0 spiro atoms. The molecule has 3 aliphatic rings. The Morgan fingerprint density at radius 1 is 1.15 bits per heavy atom. The number of halogens is 1. The molecule has 4 rings (SSSR count). The minimum Gasteiger partial charge on any atom is -0.461 e. The van der Waals surface area contributed by atoms with Gasteiger partial charge in [0.2, 0.25) is 6.36 Å². The lowest BCUT2D eigenvalue weighted by atomic mass is 9.70. The van der Waals surface area contributed by atoms with Gasteiger partial charge in [0.05, 0.1) is 0 Å². The smallest absolute Gasteiger partial charge is 0.235 e. The third-order valence-corrected chi connectivity index (χ3v) is 9.90. The zero-order valence-corrected chi connectivity index (χ0v) is 25.3. The molecule has 5 heteroatoms. The number of Topliss-reactive ketones (excluding diaryl/α,β-unsaturated/α-hetero) is 2. The van der Waals surface area contributed by atoms with Gasteiger partial charge in [-0.25, -0.2) is 4.39 Å². The molecule has 5 unspecified atom stereocenters. The number of rotatable bonds is 15. The van der Waals surface area contributed by atoms with Crippen molar-refractivity contribution in [2.45, 2.75) is 105 Å². The SMILES string of the molecule is CCCC(CCCC(=O)c1ccc(C)c(NC)c1)C1CCC(C(=O)C(C)CC23C=CC(OC(C)F)=CC2C3)CC1. The van der Waals surface area contributed by atoms with E-state index in [0.29, 0.717) is 35.7 Å². The Kier molecular flexibility index (Phi) is 10.3. The second-order valence-electron chi connectivity index (χ2n) is 12.9. The summed E-state index contributed by atoms with van der Waals surface area (Å²) in [6.45, 7) is 7.81. The number of hydrogen-bond acceptors (Lipinski definition) is 4. The maximum atomic E-state index is 13.4. The number of carbonyl (C=O) groups excluding carboxylic acids is 2. The molecule has 0 aromatic heterocycles. The predicted molar refractivity (Wildman–Crippen MR) is 161 cm³/mol. The van der Waals surface area contributed by atoms with Crippen LogP contribution in [0.2, 0.25) is 0 Å². The molecule has 0 heterocycles. The molecule has 2 saturated carbocycles. The highest BCUT2D eigenvalue weighted by molar-refractivity contribution is 5.97. The van der Waals surface area contributed by atoms with Gasteiger partial charge in [-0.05, 0) is 105 Å². The van der Waals surface area contributed by atoms with Gasteiger partial charge in [-0.1, -0.05) is 44.9 Å². The van der Waals surface area contributed by atoms with E-state index in [1.165, 1.54) is 19.8 Å². The molecule has 0 bridgehead atoms. The second kappa shape index (κ2) is 13.5. The second-order valence-corrected chi connectivity index (χ2v) is 12.9. The average Bonchev–Trinajstić information content (AvgIpc) is 3.64. The molecule has 40 heavy (non-hydrogen) atoms. The molecule has 4 nitrogen and oxygen atoms in total. The topological polar surface area (TPSA) is 55.4 Å². The van der Waals surface area contributed by atoms with Crippen molar-refractivity contribution in [2.75, 3.05) is 12.4 Å². The molecular formula is C35H50FNO3. The molecule has 0 aliphatic heterocycles. The van der Waals surface area contributed by atoms with Crippen LogP contribution in [0.25, 0.3) is 0 Å². The first kappa shape index (κ1) is 30.5. The largest absolute Gasteiger partial charge is 0.461 e. The number of nitrogens with one attached hydrogen (secondary N) is 1. The fourth-order valence-electron chi connectivity index (χ4n) is 7.51. The lowest BCUT2D eigenvalue weighted by Gasteiger charge is -2.34. The van der Waals surface area contributed by atoms with Crippen LogP contribution in [0.15, 0.2) is 42.2 Å². The third-order valence-electron chi connectivity index (χ3n) is 9.90. The first-order valence-corrected chi connectivity index (χ1v) is 15.7. The lowest BCUT2D eigenvalue weighted by Crippen LogP contribution is -2.30. The van der Waals surface area contributed by atoms with Gasteiger partial charge in [0.15, 0.2) is 5.78 Å². The van der Waals surface area contributed by atoms with Crippen molar-refractivity contribution in [3.63, 3.8) is 0 Å². The Balaban J connectivity index is 1.22. The summed E-state index contributed by atoms with van der Waals surface area (Å²) in [5.74, 6) is 3.20. The van der Waals surface area contributed by atoms with Crippen LogP contribution in [0.4, 0.5) is 10.1 Å². The van der Waals surface area contributed by atoms with E-state index >= 15 is 0 Å². The molecule has 0 radical (unpaired) electrons. The number of aryl methyl sites for hydroxylation is 1. The van der Waals surface area contributed by atoms with Gasteiger partial charge in [0.1, 0.15) is 11.5 Å². The number of carbonyl (C=O) groups is 2. The van der Waals surface area contributed by atoms with Crippen LogP contribution in [0.3, 0.4) is 0 Å². The van der Waals surface area contributed by atoms with Gasteiger partial charge in [-0.3, -0.25) is 9.59 Å². The Bertz CT molecular complexity index is 1100. The first-order chi connectivity index (χ1) is 19.2. The van der Waals surface area contributed by atoms with Crippen LogP contribution in [-0.2, 0) is 9.53 Å². The van der Waals surface area contributed by atoms with Crippen molar-refractivity contribution in [3.05, 3.63) is 53.3 Å². The van der Waals surface area contributed by atoms with Crippen LogP contribution in [0.1, 0.15) is 107 Å². The average molecular weight is 552 g/mol. The summed E-state index contributed by atoms with van der Waals surface area (Å²) in [6.07, 6.45) is 16.0. The van der Waals surface area contributed by atoms with Crippen molar-refractivity contribution in [3.8, 4) is 0 Å². The standard InChI is InChI=1S/C35H50FNO3/c1-6-8-26(9-7-10-33(38)29-12-11-23(2)32(19-29)37-5)27-13-15-28(16-14-27)34(39)24(3)21-35-18-17-31(40-25(4)36)20-30(35)22-35/h11-12,17-20,24-28,30,37H,6-10,13-16,21-22H2,1-5H3. The van der Waals surface area contributed by atoms with E-state index in [0.717, 1.165) is 68.2 Å². The number of ketones is 2. The number of alkyl halides is 1. The van der Waals surface area contributed by atoms with Gasteiger partial charge < -0.3 is 10.1 Å². The van der Waals surface area contributed by atoms with Gasteiger partial charge in [0.25, 0.3) is 0 Å². The fraction of sp³-hybridized carbons (Fsp3) is 0.657. The summed E-state index contributed by atoms with van der Waals surface area (Å²) >= 11 is 0. The third kappa shape index (κ3) is 7.44. The number of hydrogen-bond donors (Lipinski definition) is 1. The van der Waals surface area contributed by atoms with Crippen molar-refractivity contribution in [2.24, 2.45) is 35.0 Å². The van der Waals surface area contributed by atoms with Crippen molar-refractivity contribution in [1.29, 1.82) is 0 Å². The molecular weight excluding hydrogens is 501 g/mol. The molecule has 0 saturated heterocycles. The maximum absolute atomic E-state index is 13.4. The molecule has 1 aromatic rings. The highest BCUT2D eigenvalue weighted by atomic mass is 19.1. The van der Waals surface area contributed by atoms with Gasteiger partial charge in [-0.15, -0.1) is 0 Å². The van der Waals surface area contributed by atoms with Crippen LogP contribution in [0, 0.1) is 41.9 Å². The van der Waals surface area contributed by atoms with Gasteiger partial charge >= 0.3 is 0 Å². The van der Waals surface area contributed by atoms with E-state index < -0.39 is 6.36 Å². The van der Waals surface area contributed by atoms with E-state index in [1.54, 1.807) is 0 Å². The van der Waals surface area contributed by atoms with Crippen LogP contribution >= 0.6 is 0 Å². The number of allylic oxidation sites excluding steroid dienone is 3. The number of anilines is 1. The Hall–Kier alpha value is -2.43. The predicted octanol–water partition coefficient (Wildman–Crippen LogP) is 9.00. The van der Waals surface area contributed by atoms with E-state index in [1.807, 2.05) is 37.4 Å². The summed E-state index contributed by atoms with van der Waals surface area (Å²) in [4.78, 5) is 26.3. The normalized spacial score (nSPS) is 27.6. The van der Waals surface area contributed by atoms with Crippen molar-refractivity contribution < 1.29 is 18.7 Å². The first-order valence-electron chi connectivity index (χ1n) is 15.7. The Morgan fingerprint density at radius 2 is 1.90 bits per heavy atom. The summed E-state index contributed by atoms with van der Waals surface area (Å²) in [7, 11) is 1.89. The Morgan fingerprint density at radius 3 is 2.55 bits per heavy atom. The number of ether oxygens (including phenoxy) is 1. The van der Waals surface area contributed by atoms with Crippen LogP contribution in [0.5, 0.6) is 0 Å². The molecule has 3 aliphatic carbocycles. The molecule has 0 amide bonds. The highest BCUT2D eigenvalue weighted by Gasteiger charge is 2.53. The molecule has 1 N–H and O–H groups in total. The maximum Gasteiger partial charge on any atom is 0.235 e. The quantitative estimate of drug-likeness (QED) is 0.221. The molecule has 5 atom stereocenters. The molecule has 220 valence electrons. The zero-order chi connectivity index (χ0) is 28.9. The molecule has 1 aromatic carbocycles. The summed E-state index contributed by atoms with van der Waals surface area (Å²) in [5, 5.41) is 3.18. The van der Waals surface area contributed by atoms with E-state index in [9.17, 15) is 14.0 Å². The van der Waals surface area contributed by atoms with Crippen molar-refractivity contribution in [1.82, 2.24) is 0 Å². The van der Waals surface area contributed by atoms with Crippen molar-refractivity contribution >= 4 is 17.3 Å². The fourth-order valence-corrected chi connectivity index (χ4v) is 7.51. The van der Waals surface area contributed by atoms with E-state index in [2.05, 4.69) is 32.2 Å². The Labute approximate surface area is 241 Å². The van der Waals surface area contributed by atoms with E-state index in [4.69, 9.17) is 4.74 Å². The minimum absolute atomic E-state index is 0.0508. The zero-order valence-electron chi connectivity index (χ0n) is 25.3. The number of benzene rings is 1. The minimum atomic E-state index is -1.30. The summed E-state index contributed by atoms with van der Waals surface area (Å²) < 4.78 is 18.4. The summed E-state index contributed by atoms with van der Waals surface area (Å²) in [6, 6.07) is 5.94. The lowest BCUT2D eigenvalue weighted by molar-refractivity contribution is -0.128. The van der Waals surface area contributed by atoms with Gasteiger partial charge in [-0.2, -0.15) is 0 Å². The molecule has 2 fully saturated rings. The summed E-state index contributed by atoms with van der Waals surface area (Å²) in [5.41, 5.74) is 3.04. The van der Waals surface area contributed by atoms with Crippen LogP contribution in [-0.4, -0.2) is 25.0 Å². The van der Waals surface area contributed by atoms with Crippen LogP contribution < -0.4 is 5.32 Å². The highest BCUT2D eigenvalue weighted by Crippen LogP contribution is 2.61. The monoisotopic (exact) mass is 551 g/mol. The van der Waals surface area contributed by atoms with E-state index in [-0.39, 0.29) is 23.0 Å².